The Morgan fingerprint density at radius 1 is 1.19 bits per heavy atom. The molecule has 1 N–H and O–H groups in total. The highest BCUT2D eigenvalue weighted by molar-refractivity contribution is 7.14. The monoisotopic (exact) mass is 314 g/mol. The van der Waals surface area contributed by atoms with Gasteiger partial charge in [-0.25, -0.2) is 4.98 Å². The van der Waals surface area contributed by atoms with E-state index in [4.69, 9.17) is 0 Å². The molecule has 0 aliphatic carbocycles. The zero-order valence-corrected chi connectivity index (χ0v) is 12.7. The van der Waals surface area contributed by atoms with Crippen molar-refractivity contribution in [2.75, 3.05) is 11.9 Å². The van der Waals surface area contributed by atoms with E-state index in [1.807, 2.05) is 5.38 Å². The summed E-state index contributed by atoms with van der Waals surface area (Å²) in [4.78, 5) is 4.40. The third kappa shape index (κ3) is 4.46. The molecule has 0 saturated heterocycles. The molecule has 0 spiro atoms. The van der Waals surface area contributed by atoms with E-state index in [1.54, 1.807) is 0 Å². The molecule has 0 atom stereocenters. The van der Waals surface area contributed by atoms with Crippen molar-refractivity contribution in [1.82, 2.24) is 4.98 Å². The molecule has 2 aromatic rings. The van der Waals surface area contributed by atoms with Gasteiger partial charge in [0.05, 0.1) is 11.3 Å². The first kappa shape index (κ1) is 15.8. The number of hydrogen-bond acceptors (Lipinski definition) is 3. The van der Waals surface area contributed by atoms with E-state index in [9.17, 15) is 13.2 Å². The molecule has 2 nitrogen and oxygen atoms in total. The van der Waals surface area contributed by atoms with Crippen molar-refractivity contribution in [1.29, 1.82) is 0 Å². The second kappa shape index (κ2) is 6.47. The molecule has 0 aliphatic heterocycles. The molecule has 114 valence electrons. The molecule has 1 heterocycles. The second-order valence-corrected chi connectivity index (χ2v) is 6.08. The third-order valence-electron chi connectivity index (χ3n) is 3.01. The van der Waals surface area contributed by atoms with Crippen LogP contribution in [0.15, 0.2) is 29.6 Å². The van der Waals surface area contributed by atoms with Crippen LogP contribution in [0.2, 0.25) is 0 Å². The fourth-order valence-electron chi connectivity index (χ4n) is 1.79. The van der Waals surface area contributed by atoms with Crippen LogP contribution in [-0.2, 0) is 6.18 Å². The SMILES string of the molecule is CC(C)CCNc1nc(-c2ccc(C(F)(F)F)cc2)cs1. The molecule has 0 saturated carbocycles. The number of hydrogen-bond donors (Lipinski definition) is 1. The fraction of sp³-hybridized carbons (Fsp3) is 0.400. The van der Waals surface area contributed by atoms with Crippen molar-refractivity contribution < 1.29 is 13.2 Å². The fourth-order valence-corrected chi connectivity index (χ4v) is 2.53. The molecular weight excluding hydrogens is 297 g/mol. The molecule has 0 radical (unpaired) electrons. The molecular formula is C15H17F3N2S. The molecule has 2 rings (SSSR count). The number of rotatable bonds is 5. The second-order valence-electron chi connectivity index (χ2n) is 5.22. The first-order valence-electron chi connectivity index (χ1n) is 6.73. The van der Waals surface area contributed by atoms with Gasteiger partial charge in [-0.15, -0.1) is 11.3 Å². The first-order valence-corrected chi connectivity index (χ1v) is 7.61. The highest BCUT2D eigenvalue weighted by atomic mass is 32.1. The van der Waals surface area contributed by atoms with Gasteiger partial charge in [-0.2, -0.15) is 13.2 Å². The van der Waals surface area contributed by atoms with Crippen LogP contribution >= 0.6 is 11.3 Å². The number of nitrogens with one attached hydrogen (secondary N) is 1. The maximum Gasteiger partial charge on any atom is 0.416 e. The minimum atomic E-state index is -4.30. The Balaban J connectivity index is 2.04. The molecule has 6 heteroatoms. The highest BCUT2D eigenvalue weighted by Gasteiger charge is 2.30. The number of aromatic nitrogens is 1. The highest BCUT2D eigenvalue weighted by Crippen LogP contribution is 2.31. The Morgan fingerprint density at radius 3 is 2.43 bits per heavy atom. The summed E-state index contributed by atoms with van der Waals surface area (Å²) in [7, 11) is 0. The van der Waals surface area contributed by atoms with Gasteiger partial charge < -0.3 is 5.32 Å². The quantitative estimate of drug-likeness (QED) is 0.811. The summed E-state index contributed by atoms with van der Waals surface area (Å²) in [6, 6.07) is 5.08. The van der Waals surface area contributed by atoms with Crippen molar-refractivity contribution in [2.24, 2.45) is 5.92 Å². The van der Waals surface area contributed by atoms with Crippen LogP contribution in [0.5, 0.6) is 0 Å². The average molecular weight is 314 g/mol. The smallest absolute Gasteiger partial charge is 0.361 e. The Kier molecular flexibility index (Phi) is 4.88. The van der Waals surface area contributed by atoms with Crippen molar-refractivity contribution in [3.8, 4) is 11.3 Å². The van der Waals surface area contributed by atoms with Gasteiger partial charge >= 0.3 is 6.18 Å². The van der Waals surface area contributed by atoms with Gasteiger partial charge in [0.2, 0.25) is 0 Å². The third-order valence-corrected chi connectivity index (χ3v) is 3.81. The molecule has 0 aliphatic rings. The van der Waals surface area contributed by atoms with E-state index in [1.165, 1.54) is 23.5 Å². The van der Waals surface area contributed by atoms with E-state index in [0.29, 0.717) is 17.2 Å². The lowest BCUT2D eigenvalue weighted by Crippen LogP contribution is -2.04. The maximum absolute atomic E-state index is 12.5. The standard InChI is InChI=1S/C15H17F3N2S/c1-10(2)7-8-19-14-20-13(9-21-14)11-3-5-12(6-4-11)15(16,17)18/h3-6,9-10H,7-8H2,1-2H3,(H,19,20). The van der Waals surface area contributed by atoms with E-state index < -0.39 is 11.7 Å². The van der Waals surface area contributed by atoms with Crippen LogP contribution < -0.4 is 5.32 Å². The predicted octanol–water partition coefficient (Wildman–Crippen LogP) is 5.29. The van der Waals surface area contributed by atoms with Gasteiger partial charge in [0.25, 0.3) is 0 Å². The van der Waals surface area contributed by atoms with Gasteiger partial charge in [-0.05, 0) is 24.5 Å². The average Bonchev–Trinajstić information content (AvgIpc) is 2.86. The molecule has 1 aromatic heterocycles. The van der Waals surface area contributed by atoms with Crippen LogP contribution in [0.3, 0.4) is 0 Å². The van der Waals surface area contributed by atoms with Gasteiger partial charge in [-0.3, -0.25) is 0 Å². The Labute approximate surface area is 126 Å². The summed E-state index contributed by atoms with van der Waals surface area (Å²) < 4.78 is 37.5. The maximum atomic E-state index is 12.5. The van der Waals surface area contributed by atoms with Gasteiger partial charge in [0.1, 0.15) is 0 Å². The van der Waals surface area contributed by atoms with E-state index in [-0.39, 0.29) is 0 Å². The van der Waals surface area contributed by atoms with Crippen LogP contribution in [0.1, 0.15) is 25.8 Å². The van der Waals surface area contributed by atoms with E-state index >= 15 is 0 Å². The largest absolute Gasteiger partial charge is 0.416 e. The van der Waals surface area contributed by atoms with Crippen LogP contribution in [0.25, 0.3) is 11.3 Å². The van der Waals surface area contributed by atoms with Gasteiger partial charge in [0, 0.05) is 17.5 Å². The summed E-state index contributed by atoms with van der Waals surface area (Å²) in [6.07, 6.45) is -3.25. The summed E-state index contributed by atoms with van der Waals surface area (Å²) in [5.74, 6) is 0.617. The van der Waals surface area contributed by atoms with Crippen molar-refractivity contribution in [2.45, 2.75) is 26.4 Å². The number of thiazole rings is 1. The minimum Gasteiger partial charge on any atom is -0.361 e. The van der Waals surface area contributed by atoms with E-state index in [2.05, 4.69) is 24.1 Å². The van der Waals surface area contributed by atoms with Gasteiger partial charge in [0.15, 0.2) is 5.13 Å². The number of alkyl halides is 3. The van der Waals surface area contributed by atoms with Crippen LogP contribution in [-0.4, -0.2) is 11.5 Å². The predicted molar refractivity (Wildman–Crippen MR) is 80.5 cm³/mol. The van der Waals surface area contributed by atoms with Gasteiger partial charge in [-0.1, -0.05) is 26.0 Å². The Morgan fingerprint density at radius 2 is 1.86 bits per heavy atom. The first-order chi connectivity index (χ1) is 9.86. The summed E-state index contributed by atoms with van der Waals surface area (Å²) in [5.41, 5.74) is 0.744. The molecule has 0 amide bonds. The van der Waals surface area contributed by atoms with E-state index in [0.717, 1.165) is 30.2 Å². The Hall–Kier alpha value is -1.56. The van der Waals surface area contributed by atoms with Crippen molar-refractivity contribution >= 4 is 16.5 Å². The molecule has 0 bridgehead atoms. The lowest BCUT2D eigenvalue weighted by Gasteiger charge is -2.06. The minimum absolute atomic E-state index is 0.617. The number of benzene rings is 1. The number of halogens is 3. The zero-order chi connectivity index (χ0) is 15.5. The topological polar surface area (TPSA) is 24.9 Å². The van der Waals surface area contributed by atoms with Crippen molar-refractivity contribution in [3.63, 3.8) is 0 Å². The van der Waals surface area contributed by atoms with Crippen molar-refractivity contribution in [3.05, 3.63) is 35.2 Å². The number of anilines is 1. The normalized spacial score (nSPS) is 11.9. The summed E-state index contributed by atoms with van der Waals surface area (Å²) in [6.45, 7) is 5.14. The molecule has 21 heavy (non-hydrogen) atoms. The molecule has 0 unspecified atom stereocenters. The Bertz CT molecular complexity index is 573. The molecule has 0 fully saturated rings. The molecule has 1 aromatic carbocycles. The zero-order valence-electron chi connectivity index (χ0n) is 11.9. The van der Waals surface area contributed by atoms with Crippen LogP contribution in [0.4, 0.5) is 18.3 Å². The van der Waals surface area contributed by atoms with Crippen LogP contribution in [0, 0.1) is 5.92 Å². The lowest BCUT2D eigenvalue weighted by atomic mass is 10.1. The number of nitrogens with zero attached hydrogens (tertiary/aromatic N) is 1. The lowest BCUT2D eigenvalue weighted by molar-refractivity contribution is -0.137. The summed E-state index contributed by atoms with van der Waals surface area (Å²) in [5, 5.41) is 5.87. The summed E-state index contributed by atoms with van der Waals surface area (Å²) >= 11 is 1.46.